The molecule has 2 rings (SSSR count). The number of sulfonamides is 1. The van der Waals surface area contributed by atoms with E-state index < -0.39 is 22.0 Å². The number of amides is 2. The van der Waals surface area contributed by atoms with E-state index in [1.165, 1.54) is 49.4 Å². The summed E-state index contributed by atoms with van der Waals surface area (Å²) in [4.78, 5) is 23.3. The van der Waals surface area contributed by atoms with Gasteiger partial charge in [-0.1, -0.05) is 32.1 Å². The van der Waals surface area contributed by atoms with Gasteiger partial charge in [0.2, 0.25) is 27.0 Å². The van der Waals surface area contributed by atoms with Crippen molar-refractivity contribution in [3.63, 3.8) is 0 Å². The van der Waals surface area contributed by atoms with E-state index in [4.69, 9.17) is 0 Å². The summed E-state index contributed by atoms with van der Waals surface area (Å²) in [5.41, 5.74) is 0.278. The maximum atomic E-state index is 12.5. The Bertz CT molecular complexity index is 962. The van der Waals surface area contributed by atoms with Crippen LogP contribution in [0.5, 0.6) is 0 Å². The number of rotatable bonds is 6. The molecule has 3 N–H and O–H groups in total. The number of aromatic nitrogens is 2. The third kappa shape index (κ3) is 5.81. The average Bonchev–Trinajstić information content (AvgIpc) is 3.03. The van der Waals surface area contributed by atoms with E-state index in [0.717, 1.165) is 5.01 Å². The van der Waals surface area contributed by atoms with E-state index in [-0.39, 0.29) is 16.2 Å². The van der Waals surface area contributed by atoms with Gasteiger partial charge in [-0.05, 0) is 31.2 Å². The first-order valence-electron chi connectivity index (χ1n) is 8.43. The van der Waals surface area contributed by atoms with Crippen LogP contribution < -0.4 is 15.4 Å². The summed E-state index contributed by atoms with van der Waals surface area (Å²) in [7, 11) is -3.92. The summed E-state index contributed by atoms with van der Waals surface area (Å²) in [6.45, 7) is 8.73. The second kappa shape index (κ2) is 8.33. The molecule has 0 unspecified atom stereocenters. The molecule has 0 radical (unpaired) electrons. The molecule has 1 aromatic carbocycles. The number of nitrogens with one attached hydrogen (secondary N) is 3. The van der Waals surface area contributed by atoms with Gasteiger partial charge in [-0.15, -0.1) is 10.2 Å². The molecule has 28 heavy (non-hydrogen) atoms. The minimum absolute atomic E-state index is 0.0211. The second-order valence-corrected chi connectivity index (χ2v) is 9.89. The first kappa shape index (κ1) is 21.9. The Kier molecular flexibility index (Phi) is 6.52. The van der Waals surface area contributed by atoms with Crippen molar-refractivity contribution in [2.24, 2.45) is 0 Å². The Labute approximate surface area is 168 Å². The average molecular weight is 426 g/mol. The Morgan fingerprint density at radius 3 is 2.18 bits per heavy atom. The third-order valence-electron chi connectivity index (χ3n) is 3.51. The van der Waals surface area contributed by atoms with Gasteiger partial charge in [0, 0.05) is 18.0 Å². The molecule has 1 atom stereocenters. The molecule has 2 amide bonds. The maximum absolute atomic E-state index is 12.5. The van der Waals surface area contributed by atoms with E-state index in [1.54, 1.807) is 0 Å². The summed E-state index contributed by atoms with van der Waals surface area (Å²) in [6.07, 6.45) is 0. The van der Waals surface area contributed by atoms with Crippen LogP contribution in [0.4, 0.5) is 10.8 Å². The lowest BCUT2D eigenvalue weighted by Gasteiger charge is -2.14. The number of anilines is 2. The minimum atomic E-state index is -3.92. The molecule has 0 bridgehead atoms. The van der Waals surface area contributed by atoms with Gasteiger partial charge in [-0.2, -0.15) is 4.72 Å². The SMILES string of the molecule is CC(=O)Nc1ccc(S(=O)(=O)N[C@@H](C)C(=O)Nc2nnc(C(C)(C)C)s2)cc1. The molecule has 152 valence electrons. The van der Waals surface area contributed by atoms with Gasteiger partial charge in [0.25, 0.3) is 0 Å². The minimum Gasteiger partial charge on any atom is -0.326 e. The molecular weight excluding hydrogens is 402 g/mol. The lowest BCUT2D eigenvalue weighted by Crippen LogP contribution is -2.41. The number of nitrogens with zero attached hydrogens (tertiary/aromatic N) is 2. The lowest BCUT2D eigenvalue weighted by molar-refractivity contribution is -0.117. The van der Waals surface area contributed by atoms with Crippen molar-refractivity contribution in [2.45, 2.75) is 51.0 Å². The first-order chi connectivity index (χ1) is 12.9. The summed E-state index contributed by atoms with van der Waals surface area (Å²) in [5, 5.41) is 14.1. The summed E-state index contributed by atoms with van der Waals surface area (Å²) in [5.74, 6) is -0.805. The van der Waals surface area contributed by atoms with E-state index in [9.17, 15) is 18.0 Å². The Morgan fingerprint density at radius 2 is 1.68 bits per heavy atom. The predicted molar refractivity (Wildman–Crippen MR) is 108 cm³/mol. The van der Waals surface area contributed by atoms with Crippen LogP contribution >= 0.6 is 11.3 Å². The zero-order valence-electron chi connectivity index (χ0n) is 16.2. The van der Waals surface area contributed by atoms with E-state index >= 15 is 0 Å². The van der Waals surface area contributed by atoms with Crippen LogP contribution in [-0.2, 0) is 25.0 Å². The van der Waals surface area contributed by atoms with Gasteiger partial charge in [0.1, 0.15) is 5.01 Å². The largest absolute Gasteiger partial charge is 0.326 e. The molecule has 9 nitrogen and oxygen atoms in total. The van der Waals surface area contributed by atoms with Gasteiger partial charge >= 0.3 is 0 Å². The van der Waals surface area contributed by atoms with Crippen LogP contribution in [0.2, 0.25) is 0 Å². The van der Waals surface area contributed by atoms with Gasteiger partial charge in [0.05, 0.1) is 10.9 Å². The van der Waals surface area contributed by atoms with Gasteiger partial charge < -0.3 is 5.32 Å². The second-order valence-electron chi connectivity index (χ2n) is 7.20. The summed E-state index contributed by atoms with van der Waals surface area (Å²) < 4.78 is 27.2. The highest BCUT2D eigenvalue weighted by atomic mass is 32.2. The fraction of sp³-hybridized carbons (Fsp3) is 0.412. The molecule has 0 aliphatic heterocycles. The molecule has 1 heterocycles. The number of carbonyl (C=O) groups is 2. The molecular formula is C17H23N5O4S2. The highest BCUT2D eigenvalue weighted by Crippen LogP contribution is 2.27. The molecule has 0 saturated heterocycles. The van der Waals surface area contributed by atoms with Crippen LogP contribution in [-0.4, -0.2) is 36.5 Å². The van der Waals surface area contributed by atoms with Crippen LogP contribution in [0.25, 0.3) is 0 Å². The van der Waals surface area contributed by atoms with Crippen LogP contribution in [0, 0.1) is 0 Å². The first-order valence-corrected chi connectivity index (χ1v) is 10.7. The fourth-order valence-corrected chi connectivity index (χ4v) is 4.07. The highest BCUT2D eigenvalue weighted by Gasteiger charge is 2.24. The summed E-state index contributed by atoms with van der Waals surface area (Å²) >= 11 is 1.24. The van der Waals surface area contributed by atoms with Crippen molar-refractivity contribution in [2.75, 3.05) is 10.6 Å². The molecule has 11 heteroatoms. The normalized spacial score (nSPS) is 13.0. The van der Waals surface area contributed by atoms with E-state index in [2.05, 4.69) is 25.6 Å². The molecule has 0 spiro atoms. The zero-order valence-corrected chi connectivity index (χ0v) is 17.9. The Morgan fingerprint density at radius 1 is 1.07 bits per heavy atom. The lowest BCUT2D eigenvalue weighted by atomic mass is 9.98. The maximum Gasteiger partial charge on any atom is 0.244 e. The van der Waals surface area contributed by atoms with E-state index in [1.807, 2.05) is 20.8 Å². The Balaban J connectivity index is 2.03. The number of benzene rings is 1. The number of hydrogen-bond acceptors (Lipinski definition) is 7. The number of carbonyl (C=O) groups excluding carboxylic acids is 2. The van der Waals surface area contributed by atoms with Crippen LogP contribution in [0.1, 0.15) is 39.6 Å². The van der Waals surface area contributed by atoms with Crippen LogP contribution in [0.3, 0.4) is 0 Å². The van der Waals surface area contributed by atoms with Gasteiger partial charge in [0.15, 0.2) is 0 Å². The quantitative estimate of drug-likeness (QED) is 0.650. The highest BCUT2D eigenvalue weighted by molar-refractivity contribution is 7.89. The standard InChI is InChI=1S/C17H23N5O4S2/c1-10(14(24)19-16-21-20-15(27-16)17(3,4)5)22-28(25,26)13-8-6-12(7-9-13)18-11(2)23/h6-10,22H,1-5H3,(H,18,23)(H,19,21,24)/t10-/m0/s1. The third-order valence-corrected chi connectivity index (χ3v) is 6.33. The zero-order chi connectivity index (χ0) is 21.1. The molecule has 0 aliphatic carbocycles. The van der Waals surface area contributed by atoms with E-state index in [0.29, 0.717) is 10.8 Å². The van der Waals surface area contributed by atoms with Crippen molar-refractivity contribution >= 4 is 44.0 Å². The van der Waals surface area contributed by atoms with Crippen molar-refractivity contribution < 1.29 is 18.0 Å². The predicted octanol–water partition coefficient (Wildman–Crippen LogP) is 2.10. The van der Waals surface area contributed by atoms with Crippen LogP contribution in [0.15, 0.2) is 29.2 Å². The van der Waals surface area contributed by atoms with Crippen molar-refractivity contribution in [3.05, 3.63) is 29.3 Å². The van der Waals surface area contributed by atoms with Crippen molar-refractivity contribution in [3.8, 4) is 0 Å². The van der Waals surface area contributed by atoms with Crippen molar-refractivity contribution in [1.29, 1.82) is 0 Å². The smallest absolute Gasteiger partial charge is 0.244 e. The molecule has 2 aromatic rings. The van der Waals surface area contributed by atoms with Gasteiger partial charge in [-0.25, -0.2) is 8.42 Å². The summed E-state index contributed by atoms with van der Waals surface area (Å²) in [6, 6.07) is 4.60. The molecule has 0 aliphatic rings. The molecule has 0 fully saturated rings. The van der Waals surface area contributed by atoms with Crippen molar-refractivity contribution in [1.82, 2.24) is 14.9 Å². The molecule has 1 aromatic heterocycles. The van der Waals surface area contributed by atoms with Gasteiger partial charge in [-0.3, -0.25) is 14.9 Å². The number of hydrogen-bond donors (Lipinski definition) is 3. The molecule has 0 saturated carbocycles. The fourth-order valence-electron chi connectivity index (χ4n) is 2.07. The topological polar surface area (TPSA) is 130 Å². The monoisotopic (exact) mass is 425 g/mol. The Hall–Kier alpha value is -2.37.